The minimum atomic E-state index is -4.64. The molecule has 14 heteroatoms. The number of aryl methyl sites for hydroxylation is 2. The van der Waals surface area contributed by atoms with Crippen LogP contribution in [0.2, 0.25) is 5.02 Å². The van der Waals surface area contributed by atoms with E-state index in [1.54, 1.807) is 24.3 Å². The highest BCUT2D eigenvalue weighted by Gasteiger charge is 2.25. The van der Waals surface area contributed by atoms with Crippen LogP contribution in [0, 0.1) is 11.3 Å². The van der Waals surface area contributed by atoms with Crippen molar-refractivity contribution in [3.63, 3.8) is 0 Å². The van der Waals surface area contributed by atoms with E-state index >= 15 is 0 Å². The Hall–Kier alpha value is -4.67. The lowest BCUT2D eigenvalue weighted by molar-refractivity contribution is -0.156. The van der Waals surface area contributed by atoms with Gasteiger partial charge in [-0.25, -0.2) is 13.4 Å². The van der Waals surface area contributed by atoms with Crippen LogP contribution >= 0.6 is 11.6 Å². The molecule has 5 rings (SSSR count). The number of aromatic nitrogens is 2. The molecule has 0 saturated heterocycles. The first-order valence-corrected chi connectivity index (χ1v) is 13.7. The number of carbonyl (C=O) groups excluding carboxylic acids is 1. The number of hydrogen-bond donors (Lipinski definition) is 3. The highest BCUT2D eigenvalue weighted by atomic mass is 35.5. The van der Waals surface area contributed by atoms with Crippen LogP contribution in [0.4, 0.5) is 42.0 Å². The zero-order valence-corrected chi connectivity index (χ0v) is 22.5. The zero-order valence-electron chi connectivity index (χ0n) is 20.9. The van der Waals surface area contributed by atoms with Crippen molar-refractivity contribution in [1.82, 2.24) is 9.97 Å². The fourth-order valence-electron chi connectivity index (χ4n) is 3.78. The Kier molecular flexibility index (Phi) is 8.75. The lowest BCUT2D eigenvalue weighted by atomic mass is 10.0. The largest absolute Gasteiger partial charge is 0.446 e. The predicted molar refractivity (Wildman–Crippen MR) is 148 cm³/mol. The summed E-state index contributed by atoms with van der Waals surface area (Å²) in [5, 5.41) is 15.9. The first kappa shape index (κ1) is 29.3. The second-order valence-electron chi connectivity index (χ2n) is 8.62. The summed E-state index contributed by atoms with van der Waals surface area (Å²) in [6, 6.07) is 21.1. The van der Waals surface area contributed by atoms with Crippen LogP contribution in [-0.4, -0.2) is 30.8 Å². The number of nitrogens with one attached hydrogen (secondary N) is 3. The number of benzene rings is 3. The Balaban J connectivity index is 0.000000585. The maximum absolute atomic E-state index is 13.1. The lowest BCUT2D eigenvalue weighted by Gasteiger charge is -2.15. The van der Waals surface area contributed by atoms with E-state index in [4.69, 9.17) is 21.7 Å². The molecule has 6 bridgehead atoms. The van der Waals surface area contributed by atoms with Crippen LogP contribution in [0.3, 0.4) is 0 Å². The van der Waals surface area contributed by atoms with Gasteiger partial charge < -0.3 is 10.6 Å². The van der Waals surface area contributed by atoms with Crippen LogP contribution in [0.15, 0.2) is 77.8 Å². The fraction of sp³-hybridized carbons (Fsp3) is 0.111. The Labute approximate surface area is 238 Å². The van der Waals surface area contributed by atoms with Crippen molar-refractivity contribution in [3.05, 3.63) is 94.6 Å². The van der Waals surface area contributed by atoms with Gasteiger partial charge in [0.15, 0.2) is 5.82 Å². The SMILES string of the molecule is N#Cc1cccc(S(=O)(=O)Nc2ccc3cc2CCc2cccc(c2)Nc2ncc(Cl)c(n2)N3)c1.O=CC(F)(F)F. The Morgan fingerprint density at radius 2 is 1.73 bits per heavy atom. The minimum Gasteiger partial charge on any atom is -0.339 e. The second-order valence-corrected chi connectivity index (χ2v) is 10.7. The van der Waals surface area contributed by atoms with E-state index in [-0.39, 0.29) is 10.5 Å². The Bertz CT molecular complexity index is 1740. The standard InChI is InChI=1S/C25H19ClN6O2S.C2HF3O/c26-22-15-28-25-30-19-5-1-3-16(11-19)7-8-18-13-20(29-24(22)31-25)9-10-23(18)32-35(33,34)21-6-2-4-17(12-21)14-27;3-2(4,5)1-6/h1-6,9-13,15,32H,7-8H2,(H2,28,29,30,31);1H. The molecule has 0 atom stereocenters. The third-order valence-corrected chi connectivity index (χ3v) is 7.27. The number of carbonyl (C=O) groups is 1. The third kappa shape index (κ3) is 7.93. The van der Waals surface area contributed by atoms with Gasteiger partial charge in [-0.15, -0.1) is 0 Å². The van der Waals surface area contributed by atoms with Crippen molar-refractivity contribution >= 4 is 56.7 Å². The van der Waals surface area contributed by atoms with E-state index in [1.807, 2.05) is 36.4 Å². The fourth-order valence-corrected chi connectivity index (χ4v) is 5.06. The maximum Gasteiger partial charge on any atom is 0.446 e. The number of anilines is 5. The molecule has 2 heterocycles. The topological polar surface area (TPSA) is 137 Å². The molecular formula is C27H20ClF3N6O3S. The van der Waals surface area contributed by atoms with Crippen molar-refractivity contribution in [3.8, 4) is 6.07 Å². The van der Waals surface area contributed by atoms with Gasteiger partial charge in [0.05, 0.1) is 28.4 Å². The van der Waals surface area contributed by atoms with E-state index in [0.29, 0.717) is 41.0 Å². The van der Waals surface area contributed by atoms with E-state index in [2.05, 4.69) is 25.3 Å². The summed E-state index contributed by atoms with van der Waals surface area (Å²) < 4.78 is 60.1. The molecule has 210 valence electrons. The van der Waals surface area contributed by atoms with Gasteiger partial charge in [-0.05, 0) is 72.5 Å². The number of rotatable bonds is 3. The Morgan fingerprint density at radius 1 is 1.00 bits per heavy atom. The number of hydrogen-bond acceptors (Lipinski definition) is 8. The van der Waals surface area contributed by atoms with Crippen LogP contribution in [0.5, 0.6) is 0 Å². The number of alkyl halides is 3. The maximum atomic E-state index is 13.1. The predicted octanol–water partition coefficient (Wildman–Crippen LogP) is 6.14. The molecule has 1 aliphatic rings. The quantitative estimate of drug-likeness (QED) is 0.239. The van der Waals surface area contributed by atoms with Gasteiger partial charge in [-0.3, -0.25) is 9.52 Å². The Morgan fingerprint density at radius 3 is 2.46 bits per heavy atom. The van der Waals surface area contributed by atoms with Gasteiger partial charge >= 0.3 is 6.18 Å². The zero-order chi connectivity index (χ0) is 29.6. The van der Waals surface area contributed by atoms with Crippen LogP contribution in [-0.2, 0) is 27.7 Å². The van der Waals surface area contributed by atoms with Crippen LogP contribution in [0.25, 0.3) is 0 Å². The molecule has 0 unspecified atom stereocenters. The van der Waals surface area contributed by atoms with E-state index in [9.17, 15) is 21.6 Å². The van der Waals surface area contributed by atoms with Gasteiger partial charge in [0.25, 0.3) is 10.0 Å². The van der Waals surface area contributed by atoms with Crippen molar-refractivity contribution < 1.29 is 26.4 Å². The summed E-state index contributed by atoms with van der Waals surface area (Å²) in [6.07, 6.45) is -2.93. The monoisotopic (exact) mass is 600 g/mol. The summed E-state index contributed by atoms with van der Waals surface area (Å²) in [6.45, 7) is 0. The van der Waals surface area contributed by atoms with Crippen LogP contribution < -0.4 is 15.4 Å². The number of aldehydes is 1. The van der Waals surface area contributed by atoms with Crippen LogP contribution in [0.1, 0.15) is 16.7 Å². The van der Waals surface area contributed by atoms with E-state index in [0.717, 1.165) is 16.8 Å². The number of nitrogens with zero attached hydrogens (tertiary/aromatic N) is 3. The summed E-state index contributed by atoms with van der Waals surface area (Å²) in [5.74, 6) is 0.824. The van der Waals surface area contributed by atoms with Crippen molar-refractivity contribution in [2.75, 3.05) is 15.4 Å². The molecule has 0 spiro atoms. The highest BCUT2D eigenvalue weighted by molar-refractivity contribution is 7.92. The normalized spacial score (nSPS) is 12.4. The minimum absolute atomic E-state index is 0.0228. The highest BCUT2D eigenvalue weighted by Crippen LogP contribution is 2.30. The second kappa shape index (κ2) is 12.2. The molecule has 3 aromatic carbocycles. The number of sulfonamides is 1. The molecule has 9 nitrogen and oxygen atoms in total. The molecule has 0 fully saturated rings. The molecule has 0 radical (unpaired) electrons. The smallest absolute Gasteiger partial charge is 0.339 e. The third-order valence-electron chi connectivity index (χ3n) is 5.63. The summed E-state index contributed by atoms with van der Waals surface area (Å²) in [4.78, 5) is 17.5. The number of fused-ring (bicyclic) bond motifs is 6. The van der Waals surface area contributed by atoms with E-state index in [1.165, 1.54) is 18.3 Å². The molecule has 1 aromatic heterocycles. The molecule has 3 N–H and O–H groups in total. The van der Waals surface area contributed by atoms with Crippen molar-refractivity contribution in [2.45, 2.75) is 23.9 Å². The average molecular weight is 601 g/mol. The van der Waals surface area contributed by atoms with E-state index < -0.39 is 22.5 Å². The lowest BCUT2D eigenvalue weighted by Crippen LogP contribution is -2.15. The molecule has 41 heavy (non-hydrogen) atoms. The number of halogens is 4. The van der Waals surface area contributed by atoms with Crippen molar-refractivity contribution in [1.29, 1.82) is 5.26 Å². The van der Waals surface area contributed by atoms with Crippen molar-refractivity contribution in [2.24, 2.45) is 0 Å². The summed E-state index contributed by atoms with van der Waals surface area (Å²) in [7, 11) is -3.90. The number of nitriles is 1. The van der Waals surface area contributed by atoms with Gasteiger partial charge in [0.1, 0.15) is 5.02 Å². The summed E-state index contributed by atoms with van der Waals surface area (Å²) >= 11 is 6.31. The molecule has 0 aliphatic carbocycles. The molecule has 4 aromatic rings. The molecular weight excluding hydrogens is 581 g/mol. The van der Waals surface area contributed by atoms with Gasteiger partial charge in [0, 0.05) is 11.4 Å². The average Bonchev–Trinajstić information content (AvgIpc) is 2.95. The van der Waals surface area contributed by atoms with Gasteiger partial charge in [-0.1, -0.05) is 29.8 Å². The summed E-state index contributed by atoms with van der Waals surface area (Å²) in [5.41, 5.74) is 4.12. The van der Waals surface area contributed by atoms with Gasteiger partial charge in [-0.2, -0.15) is 23.4 Å². The first-order valence-electron chi connectivity index (χ1n) is 11.8. The van der Waals surface area contributed by atoms with Gasteiger partial charge in [0.2, 0.25) is 12.2 Å². The molecule has 0 saturated carbocycles. The molecule has 0 amide bonds. The first-order chi connectivity index (χ1) is 19.5. The molecule has 1 aliphatic heterocycles.